The molecule has 2 aromatic rings. The molecule has 2 aliphatic rings. The van der Waals surface area contributed by atoms with Crippen molar-refractivity contribution in [1.29, 1.82) is 0 Å². The molecule has 0 spiro atoms. The maximum Gasteiger partial charge on any atom is 0.233 e. The molecule has 0 amide bonds. The molecule has 1 aliphatic carbocycles. The smallest absolute Gasteiger partial charge is 0.233 e. The van der Waals surface area contributed by atoms with Crippen LogP contribution in [-0.2, 0) is 0 Å². The normalized spacial score (nSPS) is 27.3. The van der Waals surface area contributed by atoms with E-state index in [1.807, 2.05) is 24.3 Å². The van der Waals surface area contributed by atoms with Crippen molar-refractivity contribution in [2.75, 3.05) is 13.1 Å². The van der Waals surface area contributed by atoms with E-state index < -0.39 is 0 Å². The van der Waals surface area contributed by atoms with Gasteiger partial charge >= 0.3 is 0 Å². The Labute approximate surface area is 148 Å². The zero-order chi connectivity index (χ0) is 17.1. The van der Waals surface area contributed by atoms with Crippen LogP contribution >= 0.6 is 0 Å². The minimum absolute atomic E-state index is 0.102. The van der Waals surface area contributed by atoms with Crippen LogP contribution in [0.15, 0.2) is 42.6 Å². The molecule has 3 unspecified atom stereocenters. The van der Waals surface area contributed by atoms with E-state index in [1.54, 1.807) is 18.3 Å². The van der Waals surface area contributed by atoms with Gasteiger partial charge in [0, 0.05) is 18.3 Å². The standard InChI is InChI=1S/C20H24FN3O/c21-17-8-6-15(7-9-17)16-13-18(24-11-2-1-3-12-24)19(14-16)25-20-5-4-10-22-23-20/h4-10,16,18-19H,1-3,11-14H2. The third kappa shape index (κ3) is 3.82. The number of aromatic nitrogens is 2. The van der Waals surface area contributed by atoms with Gasteiger partial charge in [-0.3, -0.25) is 4.90 Å². The van der Waals surface area contributed by atoms with Crippen molar-refractivity contribution in [3.8, 4) is 5.88 Å². The van der Waals surface area contributed by atoms with Crippen molar-refractivity contribution in [2.24, 2.45) is 0 Å². The molecule has 2 fully saturated rings. The quantitative estimate of drug-likeness (QED) is 0.848. The van der Waals surface area contributed by atoms with Crippen LogP contribution < -0.4 is 4.74 Å². The third-order valence-electron chi connectivity index (χ3n) is 5.49. The van der Waals surface area contributed by atoms with Gasteiger partial charge in [0.15, 0.2) is 0 Å². The molecule has 4 rings (SSSR count). The highest BCUT2D eigenvalue weighted by Gasteiger charge is 2.40. The highest BCUT2D eigenvalue weighted by molar-refractivity contribution is 5.23. The lowest BCUT2D eigenvalue weighted by molar-refractivity contribution is 0.0705. The van der Waals surface area contributed by atoms with Crippen molar-refractivity contribution in [1.82, 2.24) is 15.1 Å². The lowest BCUT2D eigenvalue weighted by Crippen LogP contribution is -2.45. The summed E-state index contributed by atoms with van der Waals surface area (Å²) in [7, 11) is 0. The molecule has 1 aliphatic heterocycles. The molecule has 3 atom stereocenters. The summed E-state index contributed by atoms with van der Waals surface area (Å²) in [5.41, 5.74) is 1.20. The summed E-state index contributed by atoms with van der Waals surface area (Å²) in [6.07, 6.45) is 7.58. The molecule has 5 heteroatoms. The van der Waals surface area contributed by atoms with Crippen molar-refractivity contribution in [3.05, 3.63) is 54.0 Å². The maximum atomic E-state index is 13.3. The van der Waals surface area contributed by atoms with Crippen LogP contribution in [0.25, 0.3) is 0 Å². The van der Waals surface area contributed by atoms with Gasteiger partial charge in [-0.15, -0.1) is 5.10 Å². The van der Waals surface area contributed by atoms with E-state index in [4.69, 9.17) is 4.74 Å². The van der Waals surface area contributed by atoms with E-state index in [-0.39, 0.29) is 11.9 Å². The number of ether oxygens (including phenoxy) is 1. The zero-order valence-electron chi connectivity index (χ0n) is 14.4. The minimum Gasteiger partial charge on any atom is -0.472 e. The first-order chi connectivity index (χ1) is 12.3. The fraction of sp³-hybridized carbons (Fsp3) is 0.500. The Balaban J connectivity index is 1.53. The third-order valence-corrected chi connectivity index (χ3v) is 5.49. The molecule has 1 saturated heterocycles. The lowest BCUT2D eigenvalue weighted by atomic mass is 9.97. The first-order valence-electron chi connectivity index (χ1n) is 9.23. The van der Waals surface area contributed by atoms with Crippen LogP contribution in [0.4, 0.5) is 4.39 Å². The molecule has 0 bridgehead atoms. The summed E-state index contributed by atoms with van der Waals surface area (Å²) in [4.78, 5) is 2.58. The Morgan fingerprint density at radius 2 is 1.80 bits per heavy atom. The molecule has 0 radical (unpaired) electrons. The molecular weight excluding hydrogens is 317 g/mol. The second-order valence-corrected chi connectivity index (χ2v) is 7.10. The van der Waals surface area contributed by atoms with Crippen molar-refractivity contribution < 1.29 is 9.13 Å². The van der Waals surface area contributed by atoms with Gasteiger partial charge in [-0.05, 0) is 68.5 Å². The number of benzene rings is 1. The highest BCUT2D eigenvalue weighted by atomic mass is 19.1. The summed E-state index contributed by atoms with van der Waals surface area (Å²) >= 11 is 0. The predicted octanol–water partition coefficient (Wildman–Crippen LogP) is 3.80. The largest absolute Gasteiger partial charge is 0.472 e. The highest BCUT2D eigenvalue weighted by Crippen LogP contribution is 2.39. The van der Waals surface area contributed by atoms with Gasteiger partial charge in [0.2, 0.25) is 5.88 Å². The lowest BCUT2D eigenvalue weighted by Gasteiger charge is -2.35. The summed E-state index contributed by atoms with van der Waals surface area (Å²) in [6, 6.07) is 11.0. The van der Waals surface area contributed by atoms with Crippen LogP contribution in [0.1, 0.15) is 43.6 Å². The SMILES string of the molecule is Fc1ccc(C2CC(Oc3cccnn3)C(N3CCCCC3)C2)cc1. The fourth-order valence-corrected chi connectivity index (χ4v) is 4.25. The number of rotatable bonds is 4. The van der Waals surface area contributed by atoms with E-state index in [9.17, 15) is 4.39 Å². The van der Waals surface area contributed by atoms with E-state index in [0.29, 0.717) is 17.8 Å². The topological polar surface area (TPSA) is 38.3 Å². The van der Waals surface area contributed by atoms with Crippen molar-refractivity contribution in [3.63, 3.8) is 0 Å². The monoisotopic (exact) mass is 341 g/mol. The molecule has 4 nitrogen and oxygen atoms in total. The summed E-state index contributed by atoms with van der Waals surface area (Å²) < 4.78 is 19.5. The average Bonchev–Trinajstić information content (AvgIpc) is 3.08. The first kappa shape index (κ1) is 16.5. The van der Waals surface area contributed by atoms with Crippen LogP contribution in [-0.4, -0.2) is 40.3 Å². The van der Waals surface area contributed by atoms with Gasteiger partial charge in [-0.25, -0.2) is 4.39 Å². The molecule has 1 aromatic heterocycles. The average molecular weight is 341 g/mol. The number of halogens is 1. The summed E-state index contributed by atoms with van der Waals surface area (Å²) in [5, 5.41) is 8.01. The van der Waals surface area contributed by atoms with Crippen LogP contribution in [0, 0.1) is 5.82 Å². The Bertz CT molecular complexity index is 673. The molecular formula is C20H24FN3O. The van der Waals surface area contributed by atoms with Gasteiger partial charge in [0.1, 0.15) is 11.9 Å². The molecule has 1 aromatic carbocycles. The Kier molecular flexibility index (Phi) is 4.92. The molecule has 25 heavy (non-hydrogen) atoms. The number of likely N-dealkylation sites (tertiary alicyclic amines) is 1. The number of nitrogens with zero attached hydrogens (tertiary/aromatic N) is 3. The molecule has 1 saturated carbocycles. The van der Waals surface area contributed by atoms with Crippen molar-refractivity contribution in [2.45, 2.75) is 50.2 Å². The van der Waals surface area contributed by atoms with E-state index in [0.717, 1.165) is 25.9 Å². The van der Waals surface area contributed by atoms with Crippen LogP contribution in [0.5, 0.6) is 5.88 Å². The predicted molar refractivity (Wildman–Crippen MR) is 94.0 cm³/mol. The van der Waals surface area contributed by atoms with Crippen LogP contribution in [0.3, 0.4) is 0 Å². The van der Waals surface area contributed by atoms with E-state index >= 15 is 0 Å². The minimum atomic E-state index is -0.179. The number of hydrogen-bond donors (Lipinski definition) is 0. The van der Waals surface area contributed by atoms with Gasteiger partial charge in [-0.2, -0.15) is 5.10 Å². The van der Waals surface area contributed by atoms with Gasteiger partial charge < -0.3 is 4.74 Å². The molecule has 0 N–H and O–H groups in total. The van der Waals surface area contributed by atoms with E-state index in [1.165, 1.54) is 24.8 Å². The maximum absolute atomic E-state index is 13.3. The Hall–Kier alpha value is -2.01. The first-order valence-corrected chi connectivity index (χ1v) is 9.23. The molecule has 2 heterocycles. The number of hydrogen-bond acceptors (Lipinski definition) is 4. The van der Waals surface area contributed by atoms with E-state index in [2.05, 4.69) is 15.1 Å². The Morgan fingerprint density at radius 1 is 1.00 bits per heavy atom. The second kappa shape index (κ2) is 7.48. The van der Waals surface area contributed by atoms with Gasteiger partial charge in [-0.1, -0.05) is 18.6 Å². The van der Waals surface area contributed by atoms with Crippen molar-refractivity contribution >= 4 is 0 Å². The number of piperidine rings is 1. The Morgan fingerprint density at radius 3 is 2.52 bits per heavy atom. The summed E-state index contributed by atoms with van der Waals surface area (Å²) in [5.74, 6) is 0.810. The fourth-order valence-electron chi connectivity index (χ4n) is 4.25. The van der Waals surface area contributed by atoms with Gasteiger partial charge in [0.25, 0.3) is 0 Å². The molecule has 132 valence electrons. The second-order valence-electron chi connectivity index (χ2n) is 7.10. The van der Waals surface area contributed by atoms with Crippen LogP contribution in [0.2, 0.25) is 0 Å². The zero-order valence-corrected chi connectivity index (χ0v) is 14.4. The van der Waals surface area contributed by atoms with Gasteiger partial charge in [0.05, 0.1) is 0 Å². The summed E-state index contributed by atoms with van der Waals surface area (Å²) in [6.45, 7) is 2.28.